The second-order valence-corrected chi connectivity index (χ2v) is 5.50. The van der Waals surface area contributed by atoms with E-state index >= 15 is 0 Å². The van der Waals surface area contributed by atoms with Gasteiger partial charge in [0.1, 0.15) is 0 Å². The SMILES string of the molecule is CC(N)C(c1cccnc1)N(C)Cc1ccccc1Cl. The number of hydrogen-bond donors (Lipinski definition) is 1. The maximum Gasteiger partial charge on any atom is 0.0512 e. The van der Waals surface area contributed by atoms with E-state index in [1.54, 1.807) is 6.20 Å². The van der Waals surface area contributed by atoms with Crippen molar-refractivity contribution in [2.45, 2.75) is 25.6 Å². The van der Waals surface area contributed by atoms with Crippen LogP contribution < -0.4 is 5.73 Å². The minimum atomic E-state index is 0.00619. The number of rotatable bonds is 5. The minimum Gasteiger partial charge on any atom is -0.326 e. The first-order valence-corrected chi connectivity index (χ1v) is 7.06. The van der Waals surface area contributed by atoms with Crippen LogP contribution in [0.4, 0.5) is 0 Å². The fourth-order valence-corrected chi connectivity index (χ4v) is 2.70. The molecule has 0 aliphatic carbocycles. The normalized spacial score (nSPS) is 14.2. The minimum absolute atomic E-state index is 0.00619. The van der Waals surface area contributed by atoms with E-state index < -0.39 is 0 Å². The summed E-state index contributed by atoms with van der Waals surface area (Å²) in [4.78, 5) is 6.40. The molecule has 0 fully saturated rings. The van der Waals surface area contributed by atoms with Crippen LogP contribution in [0.1, 0.15) is 24.1 Å². The average Bonchev–Trinajstić information content (AvgIpc) is 2.42. The molecule has 4 heteroatoms. The molecule has 3 nitrogen and oxygen atoms in total. The van der Waals surface area contributed by atoms with Gasteiger partial charge >= 0.3 is 0 Å². The second-order valence-electron chi connectivity index (χ2n) is 5.10. The zero-order valence-corrected chi connectivity index (χ0v) is 12.6. The summed E-state index contributed by atoms with van der Waals surface area (Å²) in [6, 6.07) is 12.0. The molecule has 0 aliphatic heterocycles. The van der Waals surface area contributed by atoms with Crippen molar-refractivity contribution < 1.29 is 0 Å². The van der Waals surface area contributed by atoms with Crippen molar-refractivity contribution in [1.29, 1.82) is 0 Å². The Balaban J connectivity index is 2.20. The molecule has 2 atom stereocenters. The van der Waals surface area contributed by atoms with Crippen molar-refractivity contribution in [1.82, 2.24) is 9.88 Å². The lowest BCUT2D eigenvalue weighted by molar-refractivity contribution is 0.210. The molecule has 2 N–H and O–H groups in total. The number of benzene rings is 1. The van der Waals surface area contributed by atoms with Gasteiger partial charge in [-0.05, 0) is 37.2 Å². The number of nitrogens with two attached hydrogens (primary N) is 1. The molecule has 1 aromatic heterocycles. The van der Waals surface area contributed by atoms with Gasteiger partial charge in [-0.25, -0.2) is 0 Å². The number of halogens is 1. The Hall–Kier alpha value is -1.42. The number of hydrogen-bond acceptors (Lipinski definition) is 3. The Morgan fingerprint density at radius 3 is 2.60 bits per heavy atom. The van der Waals surface area contributed by atoms with E-state index in [0.717, 1.165) is 22.7 Å². The first kappa shape index (κ1) is 15.0. The topological polar surface area (TPSA) is 42.1 Å². The van der Waals surface area contributed by atoms with Crippen molar-refractivity contribution >= 4 is 11.6 Å². The van der Waals surface area contributed by atoms with E-state index in [1.807, 2.05) is 43.5 Å². The molecule has 2 unspecified atom stereocenters. The lowest BCUT2D eigenvalue weighted by atomic mass is 10.0. The summed E-state index contributed by atoms with van der Waals surface area (Å²) in [7, 11) is 2.06. The molecule has 0 saturated carbocycles. The highest BCUT2D eigenvalue weighted by atomic mass is 35.5. The Morgan fingerprint density at radius 2 is 2.00 bits per heavy atom. The molecule has 0 bridgehead atoms. The molecule has 0 radical (unpaired) electrons. The van der Waals surface area contributed by atoms with Gasteiger partial charge in [-0.2, -0.15) is 0 Å². The maximum absolute atomic E-state index is 6.23. The molecule has 106 valence electrons. The van der Waals surface area contributed by atoms with Gasteiger partial charge in [-0.1, -0.05) is 35.9 Å². The van der Waals surface area contributed by atoms with Crippen LogP contribution in [0.5, 0.6) is 0 Å². The zero-order chi connectivity index (χ0) is 14.5. The smallest absolute Gasteiger partial charge is 0.0512 e. The van der Waals surface area contributed by atoms with Crippen molar-refractivity contribution in [2.75, 3.05) is 7.05 Å². The summed E-state index contributed by atoms with van der Waals surface area (Å²) in [5, 5.41) is 0.786. The summed E-state index contributed by atoms with van der Waals surface area (Å²) in [6.07, 6.45) is 3.65. The van der Waals surface area contributed by atoms with Gasteiger partial charge in [0.05, 0.1) is 6.04 Å². The summed E-state index contributed by atoms with van der Waals surface area (Å²) in [5.74, 6) is 0. The zero-order valence-electron chi connectivity index (χ0n) is 11.8. The van der Waals surface area contributed by atoms with E-state index in [0.29, 0.717) is 0 Å². The highest BCUT2D eigenvalue weighted by molar-refractivity contribution is 6.31. The molecule has 1 heterocycles. The lowest BCUT2D eigenvalue weighted by Crippen LogP contribution is -2.37. The van der Waals surface area contributed by atoms with Crippen LogP contribution in [0.25, 0.3) is 0 Å². The lowest BCUT2D eigenvalue weighted by Gasteiger charge is -2.31. The van der Waals surface area contributed by atoms with Gasteiger partial charge < -0.3 is 5.73 Å². The van der Waals surface area contributed by atoms with Crippen LogP contribution in [0.3, 0.4) is 0 Å². The van der Waals surface area contributed by atoms with Crippen LogP contribution in [0.2, 0.25) is 5.02 Å². The monoisotopic (exact) mass is 289 g/mol. The third-order valence-corrected chi connectivity index (χ3v) is 3.75. The molecular weight excluding hydrogens is 270 g/mol. The summed E-state index contributed by atoms with van der Waals surface area (Å²) in [5.41, 5.74) is 8.38. The molecule has 20 heavy (non-hydrogen) atoms. The highest BCUT2D eigenvalue weighted by Crippen LogP contribution is 2.25. The molecule has 0 spiro atoms. The number of likely N-dealkylation sites (N-methyl/N-ethyl adjacent to an activating group) is 1. The molecule has 2 aromatic rings. The van der Waals surface area contributed by atoms with Gasteiger partial charge in [0.2, 0.25) is 0 Å². The van der Waals surface area contributed by atoms with Gasteiger partial charge in [0.25, 0.3) is 0 Å². The second kappa shape index (κ2) is 6.84. The van der Waals surface area contributed by atoms with Crippen molar-refractivity contribution in [3.05, 3.63) is 64.9 Å². The number of aromatic nitrogens is 1. The third kappa shape index (κ3) is 3.57. The number of pyridine rings is 1. The fraction of sp³-hybridized carbons (Fsp3) is 0.312. The largest absolute Gasteiger partial charge is 0.326 e. The predicted molar refractivity (Wildman–Crippen MR) is 83.5 cm³/mol. The third-order valence-electron chi connectivity index (χ3n) is 3.38. The molecule has 0 saturated heterocycles. The molecular formula is C16H20ClN3. The van der Waals surface area contributed by atoms with Crippen LogP contribution in [-0.4, -0.2) is 23.0 Å². The van der Waals surface area contributed by atoms with Crippen LogP contribution in [0.15, 0.2) is 48.8 Å². The Morgan fingerprint density at radius 1 is 1.25 bits per heavy atom. The first-order chi connectivity index (χ1) is 9.59. The first-order valence-electron chi connectivity index (χ1n) is 6.68. The van der Waals surface area contributed by atoms with E-state index in [-0.39, 0.29) is 12.1 Å². The van der Waals surface area contributed by atoms with Crippen molar-refractivity contribution in [2.24, 2.45) is 5.73 Å². The Bertz CT molecular complexity index is 542. The fourth-order valence-electron chi connectivity index (χ4n) is 2.50. The molecule has 0 aliphatic rings. The Labute approximate surface area is 125 Å². The maximum atomic E-state index is 6.23. The van der Waals surface area contributed by atoms with Gasteiger partial charge in [-0.15, -0.1) is 0 Å². The van der Waals surface area contributed by atoms with Gasteiger partial charge in [0, 0.05) is 30.0 Å². The molecule has 1 aromatic carbocycles. The average molecular weight is 290 g/mol. The van der Waals surface area contributed by atoms with E-state index in [4.69, 9.17) is 17.3 Å². The quantitative estimate of drug-likeness (QED) is 0.919. The van der Waals surface area contributed by atoms with E-state index in [9.17, 15) is 0 Å². The molecule has 2 rings (SSSR count). The van der Waals surface area contributed by atoms with Crippen LogP contribution in [-0.2, 0) is 6.54 Å². The van der Waals surface area contributed by atoms with Crippen molar-refractivity contribution in [3.8, 4) is 0 Å². The summed E-state index contributed by atoms with van der Waals surface area (Å²) >= 11 is 6.23. The van der Waals surface area contributed by atoms with Gasteiger partial charge in [0.15, 0.2) is 0 Å². The summed E-state index contributed by atoms with van der Waals surface area (Å²) in [6.45, 7) is 2.77. The summed E-state index contributed by atoms with van der Waals surface area (Å²) < 4.78 is 0. The standard InChI is InChI=1S/C16H20ClN3/c1-12(18)16(13-7-5-9-19-10-13)20(2)11-14-6-3-4-8-15(14)17/h3-10,12,16H,11,18H2,1-2H3. The van der Waals surface area contributed by atoms with Crippen molar-refractivity contribution in [3.63, 3.8) is 0 Å². The van der Waals surface area contributed by atoms with E-state index in [2.05, 4.69) is 23.0 Å². The van der Waals surface area contributed by atoms with E-state index in [1.165, 1.54) is 0 Å². The highest BCUT2D eigenvalue weighted by Gasteiger charge is 2.21. The predicted octanol–water partition coefficient (Wildman–Crippen LogP) is 3.26. The Kier molecular flexibility index (Phi) is 5.12. The van der Waals surface area contributed by atoms with Crippen LogP contribution in [0, 0.1) is 0 Å². The molecule has 0 amide bonds. The van der Waals surface area contributed by atoms with Gasteiger partial charge in [-0.3, -0.25) is 9.88 Å². The van der Waals surface area contributed by atoms with Crippen LogP contribution >= 0.6 is 11.6 Å². The number of nitrogens with zero attached hydrogens (tertiary/aromatic N) is 2.